The second-order valence-electron chi connectivity index (χ2n) is 5.55. The molecular formula is C19H19NO6. The predicted octanol–water partition coefficient (Wildman–Crippen LogP) is 2.24. The van der Waals surface area contributed by atoms with E-state index in [1.807, 2.05) is 36.4 Å². The van der Waals surface area contributed by atoms with E-state index < -0.39 is 11.9 Å². The lowest BCUT2D eigenvalue weighted by Gasteiger charge is -2.32. The van der Waals surface area contributed by atoms with Crippen LogP contribution in [-0.4, -0.2) is 46.6 Å². The highest BCUT2D eigenvalue weighted by atomic mass is 16.5. The van der Waals surface area contributed by atoms with Gasteiger partial charge in [-0.1, -0.05) is 24.3 Å². The van der Waals surface area contributed by atoms with E-state index in [9.17, 15) is 9.59 Å². The summed E-state index contributed by atoms with van der Waals surface area (Å²) in [7, 11) is 4.12. The first kappa shape index (κ1) is 17.8. The van der Waals surface area contributed by atoms with Gasteiger partial charge in [-0.25, -0.2) is 9.59 Å². The fourth-order valence-corrected chi connectivity index (χ4v) is 3.01. The van der Waals surface area contributed by atoms with Crippen LogP contribution in [0.4, 0.5) is 5.69 Å². The third kappa shape index (κ3) is 2.97. The van der Waals surface area contributed by atoms with E-state index in [1.54, 1.807) is 12.0 Å². The average molecular weight is 357 g/mol. The second-order valence-corrected chi connectivity index (χ2v) is 5.55. The number of carbonyl (C=O) groups excluding carboxylic acids is 2. The molecule has 7 nitrogen and oxygen atoms in total. The molecule has 26 heavy (non-hydrogen) atoms. The monoisotopic (exact) mass is 357 g/mol. The Morgan fingerprint density at radius 2 is 1.65 bits per heavy atom. The largest absolute Gasteiger partial charge is 0.496 e. The van der Waals surface area contributed by atoms with Crippen molar-refractivity contribution in [2.45, 2.75) is 0 Å². The number of carbonyl (C=O) groups is 2. The summed E-state index contributed by atoms with van der Waals surface area (Å²) in [5.74, 6) is -0.555. The van der Waals surface area contributed by atoms with Crippen LogP contribution in [-0.2, 0) is 23.8 Å². The number of hydrogen-bond donors (Lipinski definition) is 0. The minimum atomic E-state index is -0.632. The van der Waals surface area contributed by atoms with Gasteiger partial charge in [-0.2, -0.15) is 0 Å². The SMILES string of the molecule is COC(=O)C1=C(C(=O)OC)N(c2cccc3c(OC)cccc23)COC1. The third-order valence-electron chi connectivity index (χ3n) is 4.20. The molecule has 0 saturated heterocycles. The molecule has 0 atom stereocenters. The Bertz CT molecular complexity index is 889. The maximum absolute atomic E-state index is 12.4. The van der Waals surface area contributed by atoms with Gasteiger partial charge < -0.3 is 23.8 Å². The van der Waals surface area contributed by atoms with Crippen LogP contribution >= 0.6 is 0 Å². The van der Waals surface area contributed by atoms with Gasteiger partial charge in [-0.15, -0.1) is 0 Å². The molecule has 0 fully saturated rings. The average Bonchev–Trinajstić information content (AvgIpc) is 2.71. The molecule has 0 bridgehead atoms. The van der Waals surface area contributed by atoms with E-state index >= 15 is 0 Å². The number of ether oxygens (including phenoxy) is 4. The Morgan fingerprint density at radius 1 is 0.962 bits per heavy atom. The molecule has 0 unspecified atom stereocenters. The minimum Gasteiger partial charge on any atom is -0.496 e. The molecular weight excluding hydrogens is 338 g/mol. The summed E-state index contributed by atoms with van der Waals surface area (Å²) >= 11 is 0. The second kappa shape index (κ2) is 7.45. The molecule has 1 heterocycles. The van der Waals surface area contributed by atoms with Crippen molar-refractivity contribution in [2.24, 2.45) is 0 Å². The lowest BCUT2D eigenvalue weighted by Crippen LogP contribution is -2.38. The number of nitrogens with zero attached hydrogens (tertiary/aromatic N) is 1. The number of anilines is 1. The molecule has 7 heteroatoms. The standard InChI is InChI=1S/C19H19NO6/c1-23-16-9-5-6-12-13(16)7-4-8-15(12)20-11-26-10-14(18(21)24-2)17(20)19(22)25-3/h4-9H,10-11H2,1-3H3. The van der Waals surface area contributed by atoms with Gasteiger partial charge in [0.1, 0.15) is 18.2 Å². The van der Waals surface area contributed by atoms with E-state index in [1.165, 1.54) is 14.2 Å². The normalized spacial score (nSPS) is 14.3. The molecule has 0 spiro atoms. The topological polar surface area (TPSA) is 74.3 Å². The Hall–Kier alpha value is -3.06. The summed E-state index contributed by atoms with van der Waals surface area (Å²) in [5, 5.41) is 1.73. The van der Waals surface area contributed by atoms with Crippen molar-refractivity contribution < 1.29 is 28.5 Å². The van der Waals surface area contributed by atoms with Gasteiger partial charge >= 0.3 is 11.9 Å². The number of methoxy groups -OCH3 is 3. The summed E-state index contributed by atoms with van der Waals surface area (Å²) in [5.41, 5.74) is 0.925. The third-order valence-corrected chi connectivity index (χ3v) is 4.20. The van der Waals surface area contributed by atoms with E-state index in [2.05, 4.69) is 0 Å². The van der Waals surface area contributed by atoms with E-state index in [0.29, 0.717) is 11.4 Å². The molecule has 136 valence electrons. The molecule has 0 amide bonds. The zero-order chi connectivity index (χ0) is 18.7. The van der Waals surface area contributed by atoms with Crippen LogP contribution in [0.15, 0.2) is 47.7 Å². The Labute approximate surface area is 150 Å². The lowest BCUT2D eigenvalue weighted by atomic mass is 10.1. The highest BCUT2D eigenvalue weighted by molar-refractivity contribution is 6.06. The lowest BCUT2D eigenvalue weighted by molar-refractivity contribution is -0.140. The van der Waals surface area contributed by atoms with Gasteiger partial charge in [-0.3, -0.25) is 0 Å². The van der Waals surface area contributed by atoms with Crippen LogP contribution < -0.4 is 9.64 Å². The van der Waals surface area contributed by atoms with Crippen LogP contribution in [0.5, 0.6) is 5.75 Å². The van der Waals surface area contributed by atoms with Crippen molar-refractivity contribution in [2.75, 3.05) is 39.6 Å². The Morgan fingerprint density at radius 3 is 2.35 bits per heavy atom. The quantitative estimate of drug-likeness (QED) is 0.777. The fourth-order valence-electron chi connectivity index (χ4n) is 3.01. The van der Waals surface area contributed by atoms with Gasteiger partial charge in [0.15, 0.2) is 0 Å². The summed E-state index contributed by atoms with van der Waals surface area (Å²) in [6.07, 6.45) is 0. The van der Waals surface area contributed by atoms with Gasteiger partial charge in [0, 0.05) is 10.8 Å². The van der Waals surface area contributed by atoms with Crippen molar-refractivity contribution in [1.29, 1.82) is 0 Å². The van der Waals surface area contributed by atoms with Crippen molar-refractivity contribution in [3.05, 3.63) is 47.7 Å². The van der Waals surface area contributed by atoms with E-state index in [-0.39, 0.29) is 24.6 Å². The molecule has 2 aromatic carbocycles. The van der Waals surface area contributed by atoms with Crippen LogP contribution in [0.25, 0.3) is 10.8 Å². The highest BCUT2D eigenvalue weighted by Crippen LogP contribution is 2.36. The molecule has 0 saturated carbocycles. The molecule has 0 N–H and O–H groups in total. The summed E-state index contributed by atoms with van der Waals surface area (Å²) in [6.45, 7) is 0.0724. The molecule has 3 rings (SSSR count). The van der Waals surface area contributed by atoms with Gasteiger partial charge in [0.05, 0.1) is 39.2 Å². The molecule has 1 aliphatic heterocycles. The van der Waals surface area contributed by atoms with Gasteiger partial charge in [-0.05, 0) is 12.1 Å². The molecule has 0 radical (unpaired) electrons. The first-order valence-corrected chi connectivity index (χ1v) is 7.93. The van der Waals surface area contributed by atoms with Crippen molar-refractivity contribution in [3.63, 3.8) is 0 Å². The minimum absolute atomic E-state index is 0.0261. The molecule has 0 aromatic heterocycles. The summed E-state index contributed by atoms with van der Waals surface area (Å²) < 4.78 is 20.6. The molecule has 2 aromatic rings. The van der Waals surface area contributed by atoms with Crippen molar-refractivity contribution >= 4 is 28.4 Å². The van der Waals surface area contributed by atoms with E-state index in [4.69, 9.17) is 18.9 Å². The van der Waals surface area contributed by atoms with E-state index in [0.717, 1.165) is 10.8 Å². The smallest absolute Gasteiger partial charge is 0.355 e. The zero-order valence-electron chi connectivity index (χ0n) is 14.8. The van der Waals surface area contributed by atoms with Gasteiger partial charge in [0.25, 0.3) is 0 Å². The fraction of sp³-hybridized carbons (Fsp3) is 0.263. The first-order valence-electron chi connectivity index (χ1n) is 7.93. The highest BCUT2D eigenvalue weighted by Gasteiger charge is 2.33. The Balaban J connectivity index is 2.23. The van der Waals surface area contributed by atoms with Crippen LogP contribution in [0.1, 0.15) is 0 Å². The van der Waals surface area contributed by atoms with Crippen LogP contribution in [0.3, 0.4) is 0 Å². The van der Waals surface area contributed by atoms with Crippen molar-refractivity contribution in [3.8, 4) is 5.75 Å². The Kier molecular flexibility index (Phi) is 5.09. The maximum Gasteiger partial charge on any atom is 0.355 e. The zero-order valence-corrected chi connectivity index (χ0v) is 14.8. The number of hydrogen-bond acceptors (Lipinski definition) is 7. The summed E-state index contributed by atoms with van der Waals surface area (Å²) in [4.78, 5) is 26.2. The molecule has 0 aliphatic carbocycles. The predicted molar refractivity (Wildman–Crippen MR) is 94.9 cm³/mol. The summed E-state index contributed by atoms with van der Waals surface area (Å²) in [6, 6.07) is 11.2. The number of esters is 2. The maximum atomic E-state index is 12.4. The van der Waals surface area contributed by atoms with Gasteiger partial charge in [0.2, 0.25) is 0 Å². The first-order chi connectivity index (χ1) is 12.6. The number of benzene rings is 2. The van der Waals surface area contributed by atoms with Crippen LogP contribution in [0, 0.1) is 0 Å². The van der Waals surface area contributed by atoms with Crippen molar-refractivity contribution in [1.82, 2.24) is 0 Å². The van der Waals surface area contributed by atoms with Crippen LogP contribution in [0.2, 0.25) is 0 Å². The molecule has 1 aliphatic rings. The number of rotatable bonds is 4. The number of fused-ring (bicyclic) bond motifs is 1.